The Morgan fingerprint density at radius 1 is 1.07 bits per heavy atom. The van der Waals surface area contributed by atoms with Gasteiger partial charge in [0, 0.05) is 0 Å². The third-order valence-corrected chi connectivity index (χ3v) is 4.21. The Kier molecular flexibility index (Phi) is 5.39. The zero-order valence-electron chi connectivity index (χ0n) is 15.3. The van der Waals surface area contributed by atoms with Crippen LogP contribution in [-0.2, 0) is 19.1 Å². The number of ketones is 1. The molecule has 1 N–H and O–H groups in total. The number of ether oxygens (including phenoxy) is 2. The summed E-state index contributed by atoms with van der Waals surface area (Å²) in [6.07, 6.45) is -1.11. The van der Waals surface area contributed by atoms with E-state index in [0.29, 0.717) is 17.1 Å². The van der Waals surface area contributed by atoms with Crippen molar-refractivity contribution in [3.8, 4) is 5.75 Å². The van der Waals surface area contributed by atoms with Crippen molar-refractivity contribution in [3.63, 3.8) is 0 Å². The number of benzene rings is 2. The van der Waals surface area contributed by atoms with Gasteiger partial charge in [-0.2, -0.15) is 0 Å². The van der Waals surface area contributed by atoms with Gasteiger partial charge in [-0.3, -0.25) is 24.1 Å². The minimum Gasteiger partial charge on any atom is -0.495 e. The van der Waals surface area contributed by atoms with Crippen molar-refractivity contribution in [1.82, 2.24) is 0 Å². The molecule has 1 aliphatic heterocycles. The first-order chi connectivity index (χ1) is 13.4. The summed E-state index contributed by atoms with van der Waals surface area (Å²) in [4.78, 5) is 49.6. The molecule has 1 heterocycles. The first-order valence-electron chi connectivity index (χ1n) is 8.51. The molecular formula is C20H18N2O6. The summed E-state index contributed by atoms with van der Waals surface area (Å²) in [6.45, 7) is 0.946. The van der Waals surface area contributed by atoms with Crippen LogP contribution in [0.25, 0.3) is 0 Å². The molecule has 8 nitrogen and oxygen atoms in total. The molecule has 2 aromatic carbocycles. The molecule has 0 saturated carbocycles. The van der Waals surface area contributed by atoms with Gasteiger partial charge in [0.15, 0.2) is 6.10 Å². The maximum atomic E-state index is 12.3. The number of carbonyl (C=O) groups is 4. The van der Waals surface area contributed by atoms with Gasteiger partial charge in [0.2, 0.25) is 0 Å². The van der Waals surface area contributed by atoms with Crippen molar-refractivity contribution in [2.75, 3.05) is 23.9 Å². The van der Waals surface area contributed by atoms with Crippen LogP contribution in [0.5, 0.6) is 5.75 Å². The Morgan fingerprint density at radius 3 is 2.50 bits per heavy atom. The van der Waals surface area contributed by atoms with E-state index in [1.807, 2.05) is 0 Å². The molecule has 1 atom stereocenters. The zero-order valence-corrected chi connectivity index (χ0v) is 15.3. The van der Waals surface area contributed by atoms with Crippen LogP contribution in [0.2, 0.25) is 0 Å². The third-order valence-electron chi connectivity index (χ3n) is 4.21. The van der Waals surface area contributed by atoms with Crippen molar-refractivity contribution >= 4 is 34.9 Å². The molecule has 2 amide bonds. The second-order valence-electron chi connectivity index (χ2n) is 6.06. The predicted octanol–water partition coefficient (Wildman–Crippen LogP) is 1.79. The summed E-state index contributed by atoms with van der Waals surface area (Å²) in [5.41, 5.74) is 1.02. The SMILES string of the molecule is COc1ccccc1NC(=O)[C@H](C)OC(=O)CN1C(=O)C(=O)c2ccccc21. The lowest BCUT2D eigenvalue weighted by Gasteiger charge is -2.18. The van der Waals surface area contributed by atoms with Crippen LogP contribution in [0, 0.1) is 0 Å². The monoisotopic (exact) mass is 382 g/mol. The number of amides is 2. The highest BCUT2D eigenvalue weighted by molar-refractivity contribution is 6.52. The first-order valence-corrected chi connectivity index (χ1v) is 8.51. The number of carbonyl (C=O) groups excluding carboxylic acids is 4. The molecule has 0 aromatic heterocycles. The minimum absolute atomic E-state index is 0.238. The number of hydrogen-bond acceptors (Lipinski definition) is 6. The van der Waals surface area contributed by atoms with E-state index < -0.39 is 36.2 Å². The van der Waals surface area contributed by atoms with Gasteiger partial charge >= 0.3 is 5.97 Å². The quantitative estimate of drug-likeness (QED) is 0.604. The number of nitrogens with one attached hydrogen (secondary N) is 1. The van der Waals surface area contributed by atoms with Gasteiger partial charge in [-0.25, -0.2) is 0 Å². The smallest absolute Gasteiger partial charge is 0.326 e. The minimum atomic E-state index is -1.11. The summed E-state index contributed by atoms with van der Waals surface area (Å²) in [6, 6.07) is 13.2. The van der Waals surface area contributed by atoms with Crippen LogP contribution in [0.1, 0.15) is 17.3 Å². The average molecular weight is 382 g/mol. The van der Waals surface area contributed by atoms with Crippen LogP contribution in [-0.4, -0.2) is 43.3 Å². The number of anilines is 2. The van der Waals surface area contributed by atoms with Crippen LogP contribution in [0.3, 0.4) is 0 Å². The van der Waals surface area contributed by atoms with Crippen molar-refractivity contribution in [1.29, 1.82) is 0 Å². The predicted molar refractivity (Wildman–Crippen MR) is 100 cm³/mol. The van der Waals surface area contributed by atoms with Crippen molar-refractivity contribution < 1.29 is 28.7 Å². The summed E-state index contributed by atoms with van der Waals surface area (Å²) >= 11 is 0. The molecule has 144 valence electrons. The molecule has 8 heteroatoms. The fourth-order valence-corrected chi connectivity index (χ4v) is 2.80. The van der Waals surface area contributed by atoms with Crippen LogP contribution >= 0.6 is 0 Å². The van der Waals surface area contributed by atoms with Crippen LogP contribution in [0.15, 0.2) is 48.5 Å². The van der Waals surface area contributed by atoms with Gasteiger partial charge in [-0.1, -0.05) is 24.3 Å². The number of Topliss-reactive ketones (excluding diaryl/α,β-unsaturated/α-hetero) is 1. The number of methoxy groups -OCH3 is 1. The largest absolute Gasteiger partial charge is 0.495 e. The lowest BCUT2D eigenvalue weighted by molar-refractivity contribution is -0.152. The average Bonchev–Trinajstić information content (AvgIpc) is 2.93. The standard InChI is InChI=1S/C20H18N2O6/c1-12(19(25)21-14-8-4-6-10-16(14)27-2)28-17(23)11-22-15-9-5-3-7-13(15)18(24)20(22)26/h3-10,12H,11H2,1-2H3,(H,21,25)/t12-/m0/s1. The lowest BCUT2D eigenvalue weighted by atomic mass is 10.1. The number of esters is 1. The number of hydrogen-bond donors (Lipinski definition) is 1. The summed E-state index contributed by atoms with van der Waals surface area (Å²) in [5, 5.41) is 2.62. The second-order valence-corrected chi connectivity index (χ2v) is 6.06. The molecule has 3 rings (SSSR count). The highest BCUT2D eigenvalue weighted by Gasteiger charge is 2.37. The maximum absolute atomic E-state index is 12.3. The fourth-order valence-electron chi connectivity index (χ4n) is 2.80. The molecule has 0 fully saturated rings. The number of nitrogens with zero attached hydrogens (tertiary/aromatic N) is 1. The summed E-state index contributed by atoms with van der Waals surface area (Å²) < 4.78 is 10.3. The summed E-state index contributed by atoms with van der Waals surface area (Å²) in [5.74, 6) is -2.37. The molecule has 0 spiro atoms. The molecular weight excluding hydrogens is 364 g/mol. The van der Waals surface area contributed by atoms with Gasteiger partial charge in [0.05, 0.1) is 24.0 Å². The van der Waals surface area contributed by atoms with Crippen molar-refractivity contribution in [2.24, 2.45) is 0 Å². The van der Waals surface area contributed by atoms with E-state index in [9.17, 15) is 19.2 Å². The van der Waals surface area contributed by atoms with E-state index in [2.05, 4.69) is 5.32 Å². The normalized spacial score (nSPS) is 13.7. The van der Waals surface area contributed by atoms with Gasteiger partial charge in [0.25, 0.3) is 17.6 Å². The molecule has 0 unspecified atom stereocenters. The Bertz CT molecular complexity index is 955. The molecule has 0 bridgehead atoms. The van der Waals surface area contributed by atoms with Crippen molar-refractivity contribution in [2.45, 2.75) is 13.0 Å². The molecule has 28 heavy (non-hydrogen) atoms. The molecule has 2 aromatic rings. The van der Waals surface area contributed by atoms with Gasteiger partial charge in [0.1, 0.15) is 12.3 Å². The lowest BCUT2D eigenvalue weighted by Crippen LogP contribution is -2.38. The number of rotatable bonds is 6. The van der Waals surface area contributed by atoms with E-state index in [-0.39, 0.29) is 5.56 Å². The van der Waals surface area contributed by atoms with E-state index in [1.165, 1.54) is 20.1 Å². The van der Waals surface area contributed by atoms with E-state index in [4.69, 9.17) is 9.47 Å². The topological polar surface area (TPSA) is 102 Å². The Labute approximate surface area is 161 Å². The Hall–Kier alpha value is -3.68. The molecule has 1 aliphatic rings. The molecule has 0 radical (unpaired) electrons. The number of fused-ring (bicyclic) bond motifs is 1. The van der Waals surface area contributed by atoms with Crippen LogP contribution in [0.4, 0.5) is 11.4 Å². The molecule has 0 saturated heterocycles. The van der Waals surface area contributed by atoms with E-state index >= 15 is 0 Å². The van der Waals surface area contributed by atoms with E-state index in [0.717, 1.165) is 4.90 Å². The van der Waals surface area contributed by atoms with Gasteiger partial charge in [-0.05, 0) is 31.2 Å². The second kappa shape index (κ2) is 7.91. The fraction of sp³-hybridized carbons (Fsp3) is 0.200. The van der Waals surface area contributed by atoms with Gasteiger partial charge < -0.3 is 14.8 Å². The third kappa shape index (κ3) is 3.71. The highest BCUT2D eigenvalue weighted by Crippen LogP contribution is 2.28. The molecule has 0 aliphatic carbocycles. The zero-order chi connectivity index (χ0) is 20.3. The first kappa shape index (κ1) is 19.1. The van der Waals surface area contributed by atoms with Gasteiger partial charge in [-0.15, -0.1) is 0 Å². The van der Waals surface area contributed by atoms with Crippen molar-refractivity contribution in [3.05, 3.63) is 54.1 Å². The Balaban J connectivity index is 1.62. The van der Waals surface area contributed by atoms with Crippen LogP contribution < -0.4 is 15.0 Å². The highest BCUT2D eigenvalue weighted by atomic mass is 16.5. The number of para-hydroxylation sites is 3. The Morgan fingerprint density at radius 2 is 1.75 bits per heavy atom. The van der Waals surface area contributed by atoms with E-state index in [1.54, 1.807) is 42.5 Å². The summed E-state index contributed by atoms with van der Waals surface area (Å²) in [7, 11) is 1.47. The maximum Gasteiger partial charge on any atom is 0.326 e.